The number of nitrogens with one attached hydrogen (secondary N) is 1. The molecule has 20 heavy (non-hydrogen) atoms. The van der Waals surface area contributed by atoms with E-state index in [9.17, 15) is 4.79 Å². The van der Waals surface area contributed by atoms with E-state index in [4.69, 9.17) is 0 Å². The maximum Gasteiger partial charge on any atom is 0.244 e. The Morgan fingerprint density at radius 3 is 2.70 bits per heavy atom. The molecule has 3 fully saturated rings. The van der Waals surface area contributed by atoms with Crippen LogP contribution in [0.4, 0.5) is 0 Å². The Balaban J connectivity index is 1.69. The summed E-state index contributed by atoms with van der Waals surface area (Å²) >= 11 is 1.72. The van der Waals surface area contributed by atoms with E-state index in [1.165, 1.54) is 12.0 Å². The number of rotatable bonds is 2. The van der Waals surface area contributed by atoms with Crippen LogP contribution in [0.25, 0.3) is 0 Å². The van der Waals surface area contributed by atoms with Gasteiger partial charge in [0.1, 0.15) is 11.7 Å². The van der Waals surface area contributed by atoms with Crippen molar-refractivity contribution in [2.75, 3.05) is 0 Å². The summed E-state index contributed by atoms with van der Waals surface area (Å²) in [5, 5.41) is 7.93. The zero-order chi connectivity index (χ0) is 13.9. The van der Waals surface area contributed by atoms with Crippen molar-refractivity contribution in [2.45, 2.75) is 57.3 Å². The molecule has 4 unspecified atom stereocenters. The van der Waals surface area contributed by atoms with Crippen LogP contribution in [0.2, 0.25) is 0 Å². The summed E-state index contributed by atoms with van der Waals surface area (Å²) in [5.41, 5.74) is 1.05. The third-order valence-electron chi connectivity index (χ3n) is 5.72. The van der Waals surface area contributed by atoms with Crippen LogP contribution in [0.5, 0.6) is 0 Å². The molecule has 1 spiro atoms. The predicted octanol–water partition coefficient (Wildman–Crippen LogP) is 3.15. The van der Waals surface area contributed by atoms with Crippen LogP contribution in [-0.4, -0.2) is 22.4 Å². The molecular weight excluding hydrogens is 268 g/mol. The topological polar surface area (TPSA) is 32.3 Å². The van der Waals surface area contributed by atoms with Gasteiger partial charge in [-0.15, -0.1) is 0 Å². The second-order valence-corrected chi connectivity index (χ2v) is 7.66. The highest BCUT2D eigenvalue weighted by Crippen LogP contribution is 2.49. The van der Waals surface area contributed by atoms with Crippen molar-refractivity contribution in [3.8, 4) is 0 Å². The quantitative estimate of drug-likeness (QED) is 0.907. The second-order valence-electron chi connectivity index (χ2n) is 6.88. The number of amides is 1. The minimum Gasteiger partial charge on any atom is -0.318 e. The number of nitrogens with zero attached hydrogens (tertiary/aromatic N) is 1. The first-order valence-electron chi connectivity index (χ1n) is 7.75. The van der Waals surface area contributed by atoms with Crippen molar-refractivity contribution in [3.05, 3.63) is 22.4 Å². The Hall–Kier alpha value is -0.870. The number of hydrogen-bond acceptors (Lipinski definition) is 3. The van der Waals surface area contributed by atoms with Crippen molar-refractivity contribution >= 4 is 17.2 Å². The third-order valence-corrected chi connectivity index (χ3v) is 6.43. The van der Waals surface area contributed by atoms with Crippen molar-refractivity contribution in [2.24, 2.45) is 11.8 Å². The van der Waals surface area contributed by atoms with Crippen LogP contribution in [0.15, 0.2) is 16.8 Å². The Morgan fingerprint density at radius 2 is 2.15 bits per heavy atom. The molecule has 1 amide bonds. The Morgan fingerprint density at radius 1 is 1.35 bits per heavy atom. The highest BCUT2D eigenvalue weighted by Gasteiger charge is 2.61. The normalized spacial score (nSPS) is 38.9. The fourth-order valence-corrected chi connectivity index (χ4v) is 4.67. The van der Waals surface area contributed by atoms with Crippen LogP contribution in [0.3, 0.4) is 0 Å². The first-order chi connectivity index (χ1) is 9.62. The first-order valence-corrected chi connectivity index (χ1v) is 8.69. The summed E-state index contributed by atoms with van der Waals surface area (Å²) in [5.74, 6) is 1.70. The molecule has 3 nitrogen and oxygen atoms in total. The molecule has 3 aliphatic rings. The molecule has 1 aromatic rings. The van der Waals surface area contributed by atoms with Crippen molar-refractivity contribution < 1.29 is 4.79 Å². The smallest absolute Gasteiger partial charge is 0.244 e. The minimum atomic E-state index is -0.210. The fourth-order valence-electron chi connectivity index (χ4n) is 3.99. The molecule has 0 bridgehead atoms. The van der Waals surface area contributed by atoms with E-state index in [1.807, 2.05) is 0 Å². The highest BCUT2D eigenvalue weighted by molar-refractivity contribution is 7.08. The van der Waals surface area contributed by atoms with Gasteiger partial charge in [-0.25, -0.2) is 0 Å². The number of hydrogen-bond donors (Lipinski definition) is 1. The van der Waals surface area contributed by atoms with Crippen LogP contribution in [0, 0.1) is 11.8 Å². The molecule has 2 heterocycles. The van der Waals surface area contributed by atoms with Gasteiger partial charge in [-0.2, -0.15) is 11.3 Å². The van der Waals surface area contributed by atoms with Gasteiger partial charge in [0.05, 0.1) is 0 Å². The fraction of sp³-hybridized carbons (Fsp3) is 0.688. The molecule has 4 atom stereocenters. The molecule has 2 aliphatic carbocycles. The molecule has 1 aliphatic heterocycles. The molecule has 1 saturated heterocycles. The second kappa shape index (κ2) is 4.31. The summed E-state index contributed by atoms with van der Waals surface area (Å²) in [6, 6.07) is 2.57. The lowest BCUT2D eigenvalue weighted by molar-refractivity contribution is -0.133. The lowest BCUT2D eigenvalue weighted by Gasteiger charge is -2.33. The van der Waals surface area contributed by atoms with Gasteiger partial charge in [0.2, 0.25) is 5.91 Å². The minimum absolute atomic E-state index is 0.106. The van der Waals surface area contributed by atoms with Gasteiger partial charge in [-0.1, -0.05) is 13.8 Å². The SMILES string of the molecule is CC1CCC(N2C(=O)C3(CC3)NC2c2ccsc2)C1C. The van der Waals surface area contributed by atoms with E-state index in [0.717, 1.165) is 25.2 Å². The van der Waals surface area contributed by atoms with Crippen molar-refractivity contribution in [1.29, 1.82) is 0 Å². The van der Waals surface area contributed by atoms with Crippen LogP contribution < -0.4 is 5.32 Å². The molecule has 108 valence electrons. The van der Waals surface area contributed by atoms with Gasteiger partial charge in [0, 0.05) is 6.04 Å². The van der Waals surface area contributed by atoms with E-state index in [0.29, 0.717) is 17.9 Å². The molecule has 1 aromatic heterocycles. The number of thiophene rings is 1. The van der Waals surface area contributed by atoms with E-state index in [-0.39, 0.29) is 11.7 Å². The van der Waals surface area contributed by atoms with E-state index in [2.05, 4.69) is 40.9 Å². The van der Waals surface area contributed by atoms with Crippen LogP contribution in [0.1, 0.15) is 51.3 Å². The van der Waals surface area contributed by atoms with Gasteiger partial charge in [0.15, 0.2) is 0 Å². The van der Waals surface area contributed by atoms with E-state index in [1.54, 1.807) is 11.3 Å². The molecule has 0 radical (unpaired) electrons. The lowest BCUT2D eigenvalue weighted by Crippen LogP contribution is -2.42. The number of carbonyl (C=O) groups excluding carboxylic acids is 1. The molecule has 2 saturated carbocycles. The van der Waals surface area contributed by atoms with E-state index >= 15 is 0 Å². The third kappa shape index (κ3) is 1.70. The van der Waals surface area contributed by atoms with Gasteiger partial charge in [-0.05, 0) is 59.9 Å². The highest BCUT2D eigenvalue weighted by atomic mass is 32.1. The number of carbonyl (C=O) groups is 1. The van der Waals surface area contributed by atoms with Gasteiger partial charge >= 0.3 is 0 Å². The summed E-state index contributed by atoms with van der Waals surface area (Å²) < 4.78 is 0. The first kappa shape index (κ1) is 12.8. The van der Waals surface area contributed by atoms with Gasteiger partial charge in [-0.3, -0.25) is 10.1 Å². The Bertz CT molecular complexity index is 523. The van der Waals surface area contributed by atoms with Crippen molar-refractivity contribution in [1.82, 2.24) is 10.2 Å². The standard InChI is InChI=1S/C16H22N2OS/c1-10-3-4-13(11(10)2)18-14(12-5-8-20-9-12)17-16(6-7-16)15(18)19/h5,8-11,13-14,17H,3-4,6-7H2,1-2H3. The monoisotopic (exact) mass is 290 g/mol. The zero-order valence-corrected chi connectivity index (χ0v) is 13.0. The van der Waals surface area contributed by atoms with Crippen LogP contribution >= 0.6 is 11.3 Å². The molecule has 0 aromatic carbocycles. The lowest BCUT2D eigenvalue weighted by atomic mass is 9.96. The van der Waals surface area contributed by atoms with Crippen LogP contribution in [-0.2, 0) is 4.79 Å². The molecule has 1 N–H and O–H groups in total. The zero-order valence-electron chi connectivity index (χ0n) is 12.1. The van der Waals surface area contributed by atoms with Gasteiger partial charge < -0.3 is 4.90 Å². The molecule has 4 heteroatoms. The largest absolute Gasteiger partial charge is 0.318 e. The summed E-state index contributed by atoms with van der Waals surface area (Å²) in [7, 11) is 0. The molecule has 4 rings (SSSR count). The summed E-state index contributed by atoms with van der Waals surface area (Å²) in [6.45, 7) is 4.64. The maximum atomic E-state index is 12.9. The Kier molecular flexibility index (Phi) is 2.77. The summed E-state index contributed by atoms with van der Waals surface area (Å²) in [6.07, 6.45) is 4.54. The summed E-state index contributed by atoms with van der Waals surface area (Å²) in [4.78, 5) is 15.1. The average molecular weight is 290 g/mol. The van der Waals surface area contributed by atoms with E-state index < -0.39 is 0 Å². The predicted molar refractivity (Wildman–Crippen MR) is 80.4 cm³/mol. The average Bonchev–Trinajstić information content (AvgIpc) is 2.78. The molecular formula is C16H22N2OS. The van der Waals surface area contributed by atoms with Gasteiger partial charge in [0.25, 0.3) is 0 Å². The maximum absolute atomic E-state index is 12.9. The Labute approximate surface area is 124 Å². The van der Waals surface area contributed by atoms with Crippen molar-refractivity contribution in [3.63, 3.8) is 0 Å².